The molecule has 0 unspecified atom stereocenters. The van der Waals surface area contributed by atoms with E-state index in [4.69, 9.17) is 11.6 Å². The Morgan fingerprint density at radius 2 is 1.70 bits per heavy atom. The average Bonchev–Trinajstić information content (AvgIpc) is 3.15. The van der Waals surface area contributed by atoms with Gasteiger partial charge < -0.3 is 9.47 Å². The summed E-state index contributed by atoms with van der Waals surface area (Å²) in [4.78, 5) is 12.7. The lowest BCUT2D eigenvalue weighted by molar-refractivity contribution is -0.137. The van der Waals surface area contributed by atoms with Crippen LogP contribution in [-0.4, -0.2) is 45.6 Å². The second-order valence-electron chi connectivity index (χ2n) is 7.25. The minimum Gasteiger partial charge on any atom is -0.353 e. The summed E-state index contributed by atoms with van der Waals surface area (Å²) in [5, 5.41) is 0.0247. The van der Waals surface area contributed by atoms with Crippen molar-refractivity contribution in [3.05, 3.63) is 77.0 Å². The molecule has 30 heavy (non-hydrogen) atoms. The third-order valence-electron chi connectivity index (χ3n) is 5.18. The number of benzene rings is 1. The predicted molar refractivity (Wildman–Crippen MR) is 110 cm³/mol. The van der Waals surface area contributed by atoms with Crippen molar-refractivity contribution in [2.75, 3.05) is 31.1 Å². The summed E-state index contributed by atoms with van der Waals surface area (Å²) >= 11 is 6.09. The molecule has 0 radical (unpaired) electrons. The minimum atomic E-state index is -4.45. The lowest BCUT2D eigenvalue weighted by Gasteiger charge is -2.35. The quantitative estimate of drug-likeness (QED) is 0.598. The largest absolute Gasteiger partial charge is 0.417 e. The van der Waals surface area contributed by atoms with Gasteiger partial charge in [-0.25, -0.2) is 9.97 Å². The summed E-state index contributed by atoms with van der Waals surface area (Å²) in [7, 11) is 0. The Balaban J connectivity index is 1.36. The van der Waals surface area contributed by atoms with E-state index >= 15 is 0 Å². The summed E-state index contributed by atoms with van der Waals surface area (Å²) in [6.07, 6.45) is 0.175. The highest BCUT2D eigenvalue weighted by atomic mass is 35.5. The summed E-state index contributed by atoms with van der Waals surface area (Å²) in [6.45, 7) is 4.24. The average molecular weight is 436 g/mol. The van der Waals surface area contributed by atoms with E-state index in [1.807, 2.05) is 29.3 Å². The van der Waals surface area contributed by atoms with Gasteiger partial charge in [0.15, 0.2) is 0 Å². The number of rotatable bonds is 5. The predicted octanol–water partition coefficient (Wildman–Crippen LogP) is 4.32. The Bertz CT molecular complexity index is 982. The van der Waals surface area contributed by atoms with Crippen molar-refractivity contribution < 1.29 is 13.2 Å². The second-order valence-corrected chi connectivity index (χ2v) is 7.65. The van der Waals surface area contributed by atoms with Crippen LogP contribution in [0.5, 0.6) is 0 Å². The first-order valence-corrected chi connectivity index (χ1v) is 10.0. The molecule has 0 saturated carbocycles. The van der Waals surface area contributed by atoms with Gasteiger partial charge in [-0.1, -0.05) is 41.9 Å². The van der Waals surface area contributed by atoms with Crippen molar-refractivity contribution in [1.29, 1.82) is 0 Å². The van der Waals surface area contributed by atoms with Gasteiger partial charge in [-0.05, 0) is 11.6 Å². The molecule has 0 atom stereocenters. The van der Waals surface area contributed by atoms with Gasteiger partial charge in [-0.2, -0.15) is 13.2 Å². The number of alkyl halides is 3. The van der Waals surface area contributed by atoms with Crippen LogP contribution in [0.1, 0.15) is 17.0 Å². The molecule has 3 heterocycles. The molecule has 2 aromatic heterocycles. The Morgan fingerprint density at radius 1 is 0.967 bits per heavy atom. The van der Waals surface area contributed by atoms with Gasteiger partial charge in [0.25, 0.3) is 0 Å². The molecule has 5 nitrogen and oxygen atoms in total. The SMILES string of the molecule is FC(F)(F)c1cnc(N2CCN(Cc3nccn3Cc3ccccc3)CC2)c(Cl)c1. The number of hydrogen-bond acceptors (Lipinski definition) is 4. The number of anilines is 1. The van der Waals surface area contributed by atoms with Crippen molar-refractivity contribution in [2.45, 2.75) is 19.3 Å². The molecule has 0 bridgehead atoms. The molecule has 1 aromatic carbocycles. The molecule has 158 valence electrons. The van der Waals surface area contributed by atoms with Crippen molar-refractivity contribution in [2.24, 2.45) is 0 Å². The normalized spacial score (nSPS) is 15.5. The molecule has 1 saturated heterocycles. The van der Waals surface area contributed by atoms with Crippen LogP contribution in [0.25, 0.3) is 0 Å². The zero-order valence-electron chi connectivity index (χ0n) is 16.2. The molecule has 0 amide bonds. The summed E-state index contributed by atoms with van der Waals surface area (Å²) in [5.41, 5.74) is 0.379. The number of piperazine rings is 1. The monoisotopic (exact) mass is 435 g/mol. The van der Waals surface area contributed by atoms with Crippen LogP contribution < -0.4 is 4.90 Å². The van der Waals surface area contributed by atoms with Gasteiger partial charge in [-0.3, -0.25) is 4.90 Å². The number of pyridine rings is 1. The first-order valence-electron chi connectivity index (χ1n) is 9.64. The molecule has 1 fully saturated rings. The highest BCUT2D eigenvalue weighted by molar-refractivity contribution is 6.33. The van der Waals surface area contributed by atoms with E-state index in [1.54, 1.807) is 6.20 Å². The fourth-order valence-corrected chi connectivity index (χ4v) is 3.84. The zero-order valence-corrected chi connectivity index (χ0v) is 16.9. The smallest absolute Gasteiger partial charge is 0.353 e. The summed E-state index contributed by atoms with van der Waals surface area (Å²) < 4.78 is 40.6. The van der Waals surface area contributed by atoms with E-state index in [0.29, 0.717) is 25.5 Å². The molecule has 9 heteroatoms. The van der Waals surface area contributed by atoms with Crippen molar-refractivity contribution in [3.63, 3.8) is 0 Å². The number of hydrogen-bond donors (Lipinski definition) is 0. The Hall–Kier alpha value is -2.58. The number of nitrogens with zero attached hydrogens (tertiary/aromatic N) is 5. The van der Waals surface area contributed by atoms with Crippen LogP contribution in [0.3, 0.4) is 0 Å². The van der Waals surface area contributed by atoms with E-state index in [0.717, 1.165) is 37.7 Å². The van der Waals surface area contributed by atoms with Gasteiger partial charge in [0.1, 0.15) is 11.6 Å². The lowest BCUT2D eigenvalue weighted by Crippen LogP contribution is -2.46. The van der Waals surface area contributed by atoms with Crippen LogP contribution in [0.15, 0.2) is 55.0 Å². The summed E-state index contributed by atoms with van der Waals surface area (Å²) in [6, 6.07) is 11.1. The van der Waals surface area contributed by atoms with Crippen LogP contribution in [-0.2, 0) is 19.3 Å². The van der Waals surface area contributed by atoms with Gasteiger partial charge >= 0.3 is 6.18 Å². The van der Waals surface area contributed by atoms with E-state index in [-0.39, 0.29) is 5.02 Å². The van der Waals surface area contributed by atoms with Crippen LogP contribution >= 0.6 is 11.6 Å². The topological polar surface area (TPSA) is 37.2 Å². The van der Waals surface area contributed by atoms with Crippen molar-refractivity contribution >= 4 is 17.4 Å². The number of imidazole rings is 1. The number of aromatic nitrogens is 3. The maximum atomic E-state index is 12.8. The first-order chi connectivity index (χ1) is 14.4. The standard InChI is InChI=1S/C21H21ClF3N5/c22-18-12-17(21(23,24)25)13-27-20(18)29-10-8-28(9-11-29)15-19-26-6-7-30(19)14-16-4-2-1-3-5-16/h1-7,12-13H,8-11,14-15H2. The third kappa shape index (κ3) is 4.76. The second kappa shape index (κ2) is 8.65. The molecular weight excluding hydrogens is 415 g/mol. The van der Waals surface area contributed by atoms with Crippen molar-refractivity contribution in [3.8, 4) is 0 Å². The van der Waals surface area contributed by atoms with Gasteiger partial charge in [-0.15, -0.1) is 0 Å². The zero-order chi connectivity index (χ0) is 21.1. The fraction of sp³-hybridized carbons (Fsp3) is 0.333. The third-order valence-corrected chi connectivity index (χ3v) is 5.46. The minimum absolute atomic E-state index is 0.0247. The van der Waals surface area contributed by atoms with Gasteiger partial charge in [0.05, 0.1) is 17.1 Å². The highest BCUT2D eigenvalue weighted by Gasteiger charge is 2.32. The van der Waals surface area contributed by atoms with Crippen LogP contribution in [0.2, 0.25) is 5.02 Å². The fourth-order valence-electron chi connectivity index (χ4n) is 3.55. The molecule has 0 aliphatic carbocycles. The maximum Gasteiger partial charge on any atom is 0.417 e. The first kappa shape index (κ1) is 20.7. The molecule has 0 spiro atoms. The number of halogens is 4. The van der Waals surface area contributed by atoms with Crippen LogP contribution in [0.4, 0.5) is 19.0 Å². The maximum absolute atomic E-state index is 12.8. The molecule has 4 rings (SSSR count). The van der Waals surface area contributed by atoms with Gasteiger partial charge in [0, 0.05) is 51.3 Å². The highest BCUT2D eigenvalue weighted by Crippen LogP contribution is 2.33. The molecule has 0 N–H and O–H groups in total. The molecular formula is C21H21ClF3N5. The van der Waals surface area contributed by atoms with Gasteiger partial charge in [0.2, 0.25) is 0 Å². The van der Waals surface area contributed by atoms with E-state index in [1.165, 1.54) is 5.56 Å². The Kier molecular flexibility index (Phi) is 5.97. The van der Waals surface area contributed by atoms with Crippen molar-refractivity contribution in [1.82, 2.24) is 19.4 Å². The molecule has 1 aliphatic heterocycles. The summed E-state index contributed by atoms with van der Waals surface area (Å²) in [5.74, 6) is 1.38. The Labute approximate surface area is 177 Å². The molecule has 1 aliphatic rings. The van der Waals surface area contributed by atoms with E-state index < -0.39 is 11.7 Å². The lowest BCUT2D eigenvalue weighted by atomic mass is 10.2. The van der Waals surface area contributed by atoms with E-state index in [2.05, 4.69) is 31.6 Å². The molecule has 3 aromatic rings. The van der Waals surface area contributed by atoms with E-state index in [9.17, 15) is 13.2 Å². The van der Waals surface area contributed by atoms with Crippen LogP contribution in [0, 0.1) is 0 Å². The Morgan fingerprint density at radius 3 is 2.37 bits per heavy atom.